The largest absolute Gasteiger partial charge is 0.396 e. The van der Waals surface area contributed by atoms with E-state index in [2.05, 4.69) is 0 Å². The van der Waals surface area contributed by atoms with Gasteiger partial charge in [0.2, 0.25) is 0 Å². The summed E-state index contributed by atoms with van der Waals surface area (Å²) >= 11 is 0. The van der Waals surface area contributed by atoms with Gasteiger partial charge in [-0.05, 0) is 18.8 Å². The molecule has 14 heavy (non-hydrogen) atoms. The fourth-order valence-electron chi connectivity index (χ4n) is 1.52. The Morgan fingerprint density at radius 2 is 2.14 bits per heavy atom. The zero-order chi connectivity index (χ0) is 10.8. The lowest BCUT2D eigenvalue weighted by Gasteiger charge is -2.30. The van der Waals surface area contributed by atoms with E-state index in [0.29, 0.717) is 12.8 Å². The van der Waals surface area contributed by atoms with E-state index in [1.165, 1.54) is 0 Å². The summed E-state index contributed by atoms with van der Waals surface area (Å²) < 4.78 is 47.1. The predicted octanol–water partition coefficient (Wildman–Crippen LogP) is 0.243. The van der Waals surface area contributed by atoms with Gasteiger partial charge < -0.3 is 5.11 Å². The fraction of sp³-hybridized carbons (Fsp3) is 1.00. The molecule has 1 atom stereocenters. The van der Waals surface area contributed by atoms with Crippen LogP contribution in [-0.4, -0.2) is 43.3 Å². The summed E-state index contributed by atoms with van der Waals surface area (Å²) in [5.74, 6) is -3.57. The first-order chi connectivity index (χ1) is 6.48. The van der Waals surface area contributed by atoms with Gasteiger partial charge >= 0.3 is 5.76 Å². The molecule has 0 aromatic heterocycles. The summed E-state index contributed by atoms with van der Waals surface area (Å²) in [6.07, 6.45) is 1.21. The van der Waals surface area contributed by atoms with E-state index in [9.17, 15) is 17.2 Å². The summed E-state index contributed by atoms with van der Waals surface area (Å²) in [6.45, 7) is -0.0262. The molecule has 0 aliphatic carbocycles. The number of nitrogens with zero attached hydrogens (tertiary/aromatic N) is 1. The Balaban J connectivity index is 2.69. The summed E-state index contributed by atoms with van der Waals surface area (Å²) in [6, 6.07) is 0. The molecule has 84 valence electrons. The van der Waals surface area contributed by atoms with Crippen LogP contribution in [0.25, 0.3) is 0 Å². The van der Waals surface area contributed by atoms with Crippen molar-refractivity contribution in [1.29, 1.82) is 0 Å². The molecule has 4 nitrogen and oxygen atoms in total. The zero-order valence-corrected chi connectivity index (χ0v) is 8.38. The van der Waals surface area contributed by atoms with E-state index in [-0.39, 0.29) is 25.6 Å². The molecular weight excluding hydrogens is 216 g/mol. The van der Waals surface area contributed by atoms with Crippen molar-refractivity contribution in [2.75, 3.05) is 19.7 Å². The second kappa shape index (κ2) is 4.50. The number of rotatable bonds is 3. The van der Waals surface area contributed by atoms with E-state index in [1.54, 1.807) is 0 Å². The summed E-state index contributed by atoms with van der Waals surface area (Å²) in [5.41, 5.74) is 0. The van der Waals surface area contributed by atoms with Gasteiger partial charge in [0.05, 0.1) is 0 Å². The quantitative estimate of drug-likeness (QED) is 0.754. The highest BCUT2D eigenvalue weighted by molar-refractivity contribution is 7.89. The number of aliphatic hydroxyl groups is 1. The van der Waals surface area contributed by atoms with Crippen molar-refractivity contribution in [2.24, 2.45) is 5.92 Å². The van der Waals surface area contributed by atoms with Crippen LogP contribution in [-0.2, 0) is 10.0 Å². The monoisotopic (exact) mass is 229 g/mol. The average molecular weight is 229 g/mol. The molecule has 1 fully saturated rings. The van der Waals surface area contributed by atoms with Gasteiger partial charge in [0, 0.05) is 19.7 Å². The number of hydrogen-bond acceptors (Lipinski definition) is 3. The van der Waals surface area contributed by atoms with Crippen LogP contribution < -0.4 is 0 Å². The van der Waals surface area contributed by atoms with E-state index in [4.69, 9.17) is 5.11 Å². The first kappa shape index (κ1) is 11.8. The first-order valence-corrected chi connectivity index (χ1v) is 5.86. The number of alkyl halides is 2. The van der Waals surface area contributed by atoms with Crippen molar-refractivity contribution in [1.82, 2.24) is 4.31 Å². The Morgan fingerprint density at radius 1 is 1.50 bits per heavy atom. The maximum Gasteiger partial charge on any atom is 0.350 e. The third-order valence-electron chi connectivity index (χ3n) is 2.32. The highest BCUT2D eigenvalue weighted by Crippen LogP contribution is 2.21. The molecule has 0 saturated carbocycles. The van der Waals surface area contributed by atoms with Crippen LogP contribution in [0.1, 0.15) is 12.8 Å². The van der Waals surface area contributed by atoms with E-state index in [0.717, 1.165) is 4.31 Å². The highest BCUT2D eigenvalue weighted by Gasteiger charge is 2.35. The number of piperidine rings is 1. The molecule has 0 aromatic rings. The molecule has 1 aliphatic rings. The SMILES string of the molecule is O=S(=O)(C(F)F)N1CCCC(CO)C1. The molecule has 0 amide bonds. The second-order valence-electron chi connectivity index (χ2n) is 3.35. The van der Waals surface area contributed by atoms with Crippen molar-refractivity contribution in [2.45, 2.75) is 18.6 Å². The van der Waals surface area contributed by atoms with Crippen LogP contribution in [0.15, 0.2) is 0 Å². The summed E-state index contributed by atoms with van der Waals surface area (Å²) in [4.78, 5) is 0. The second-order valence-corrected chi connectivity index (χ2v) is 5.26. The first-order valence-electron chi connectivity index (χ1n) is 4.36. The highest BCUT2D eigenvalue weighted by atomic mass is 32.2. The van der Waals surface area contributed by atoms with E-state index < -0.39 is 15.8 Å². The van der Waals surface area contributed by atoms with Crippen LogP contribution >= 0.6 is 0 Å². The van der Waals surface area contributed by atoms with Gasteiger partial charge in [0.1, 0.15) is 0 Å². The maximum atomic E-state index is 12.1. The zero-order valence-electron chi connectivity index (χ0n) is 7.57. The Morgan fingerprint density at radius 3 is 2.64 bits per heavy atom. The number of halogens is 2. The standard InChI is InChI=1S/C7H13F2NO3S/c8-7(9)14(12,13)10-3-1-2-6(4-10)5-11/h6-7,11H,1-5H2. The van der Waals surface area contributed by atoms with Crippen molar-refractivity contribution >= 4 is 10.0 Å². The molecule has 0 spiro atoms. The third kappa shape index (κ3) is 2.40. The third-order valence-corrected chi connectivity index (χ3v) is 3.83. The van der Waals surface area contributed by atoms with Crippen LogP contribution in [0, 0.1) is 5.92 Å². The molecule has 1 heterocycles. The normalized spacial score (nSPS) is 25.6. The van der Waals surface area contributed by atoms with Crippen molar-refractivity contribution in [3.63, 3.8) is 0 Å². The minimum absolute atomic E-state index is 0.00315. The van der Waals surface area contributed by atoms with Gasteiger partial charge in [0.15, 0.2) is 0 Å². The summed E-state index contributed by atoms with van der Waals surface area (Å²) in [7, 11) is -4.45. The molecule has 1 N–H and O–H groups in total. The van der Waals surface area contributed by atoms with E-state index >= 15 is 0 Å². The molecule has 1 aliphatic heterocycles. The fourth-order valence-corrected chi connectivity index (χ4v) is 2.55. The molecule has 1 unspecified atom stereocenters. The predicted molar refractivity (Wildman–Crippen MR) is 46.3 cm³/mol. The molecule has 1 saturated heterocycles. The number of hydrogen-bond donors (Lipinski definition) is 1. The van der Waals surface area contributed by atoms with Gasteiger partial charge in [-0.15, -0.1) is 0 Å². The molecule has 0 radical (unpaired) electrons. The average Bonchev–Trinajstić information content (AvgIpc) is 2.17. The molecule has 0 bridgehead atoms. The van der Waals surface area contributed by atoms with Crippen molar-refractivity contribution in [3.05, 3.63) is 0 Å². The Labute approximate surface area is 81.6 Å². The molecule has 7 heteroatoms. The Bertz CT molecular complexity index is 281. The lowest BCUT2D eigenvalue weighted by molar-refractivity contribution is 0.154. The van der Waals surface area contributed by atoms with Gasteiger partial charge in [-0.1, -0.05) is 0 Å². The molecule has 0 aromatic carbocycles. The topological polar surface area (TPSA) is 57.6 Å². The lowest BCUT2D eigenvalue weighted by atomic mass is 10.0. The van der Waals surface area contributed by atoms with Gasteiger partial charge in [0.25, 0.3) is 10.0 Å². The minimum Gasteiger partial charge on any atom is -0.396 e. The minimum atomic E-state index is -4.45. The van der Waals surface area contributed by atoms with Gasteiger partial charge in [-0.2, -0.15) is 13.1 Å². The van der Waals surface area contributed by atoms with Crippen molar-refractivity contribution < 1.29 is 22.3 Å². The Hall–Kier alpha value is -0.270. The molecule has 1 rings (SSSR count). The van der Waals surface area contributed by atoms with Gasteiger partial charge in [-0.25, -0.2) is 8.42 Å². The lowest BCUT2D eigenvalue weighted by Crippen LogP contribution is -2.43. The van der Waals surface area contributed by atoms with Crippen molar-refractivity contribution in [3.8, 4) is 0 Å². The maximum absolute atomic E-state index is 12.1. The van der Waals surface area contributed by atoms with Crippen LogP contribution in [0.2, 0.25) is 0 Å². The smallest absolute Gasteiger partial charge is 0.350 e. The van der Waals surface area contributed by atoms with Crippen LogP contribution in [0.5, 0.6) is 0 Å². The van der Waals surface area contributed by atoms with Crippen LogP contribution in [0.3, 0.4) is 0 Å². The van der Waals surface area contributed by atoms with Gasteiger partial charge in [-0.3, -0.25) is 0 Å². The number of sulfonamides is 1. The summed E-state index contributed by atoms with van der Waals surface area (Å²) in [5, 5.41) is 8.80. The molecular formula is C7H13F2NO3S. The van der Waals surface area contributed by atoms with Crippen LogP contribution in [0.4, 0.5) is 8.78 Å². The number of aliphatic hydroxyl groups excluding tert-OH is 1. The Kier molecular flexibility index (Phi) is 3.79. The van der Waals surface area contributed by atoms with E-state index in [1.807, 2.05) is 0 Å².